The fraction of sp³-hybridized carbons (Fsp3) is 0.600. The van der Waals surface area contributed by atoms with E-state index in [0.717, 1.165) is 43.7 Å². The molecule has 164 valence electrons. The third-order valence-electron chi connectivity index (χ3n) is 7.25. The molecule has 1 aromatic rings. The van der Waals surface area contributed by atoms with Crippen LogP contribution < -0.4 is 5.32 Å². The van der Waals surface area contributed by atoms with E-state index in [4.69, 9.17) is 4.74 Å². The number of ether oxygens (including phenoxy) is 1. The summed E-state index contributed by atoms with van der Waals surface area (Å²) in [7, 11) is -3.84. The maximum Gasteiger partial charge on any atom is 0.338 e. The molecular weight excluding hydrogens is 412 g/mol. The van der Waals surface area contributed by atoms with Gasteiger partial charge < -0.3 is 10.1 Å². The van der Waals surface area contributed by atoms with Gasteiger partial charge in [-0.1, -0.05) is 20.8 Å². The molecule has 0 spiro atoms. The van der Waals surface area contributed by atoms with Gasteiger partial charge >= 0.3 is 5.97 Å². The third-order valence-corrected chi connectivity index (χ3v) is 8.40. The van der Waals surface area contributed by atoms with Crippen LogP contribution in [0.2, 0.25) is 0 Å². The van der Waals surface area contributed by atoms with Gasteiger partial charge in [-0.2, -0.15) is 0 Å². The average Bonchev–Trinajstić information content (AvgIpc) is 2.98. The normalized spacial score (nSPS) is 26.9. The Morgan fingerprint density at radius 2 is 1.97 bits per heavy atom. The molecule has 0 saturated heterocycles. The standard InChI is InChI=1S/C20H26N2O7S/c1-19(2)13-7-8-20(19,3)16(10-13)21-17(23)11-29-18(24)12-5-6-15(30(4,27)28)14(9-12)22(25)26/h5-6,9,13,16H,7-8,10-11H2,1-4H3,(H,21,23)/t13-,16+,20-/m0/s1. The van der Waals surface area contributed by atoms with E-state index in [1.165, 1.54) is 0 Å². The van der Waals surface area contributed by atoms with Crippen molar-refractivity contribution in [2.45, 2.75) is 51.0 Å². The van der Waals surface area contributed by atoms with Gasteiger partial charge in [0.2, 0.25) is 0 Å². The zero-order valence-electron chi connectivity index (χ0n) is 17.4. The Labute approximate surface area is 175 Å². The number of sulfone groups is 1. The molecule has 10 heteroatoms. The van der Waals surface area contributed by atoms with Gasteiger partial charge in [0.25, 0.3) is 11.6 Å². The van der Waals surface area contributed by atoms with E-state index in [0.29, 0.717) is 5.92 Å². The highest BCUT2D eigenvalue weighted by Gasteiger charge is 2.61. The minimum atomic E-state index is -3.84. The fourth-order valence-electron chi connectivity index (χ4n) is 4.97. The highest BCUT2D eigenvalue weighted by atomic mass is 32.2. The zero-order valence-corrected chi connectivity index (χ0v) is 18.2. The number of nitrogens with zero attached hydrogens (tertiary/aromatic N) is 1. The third kappa shape index (κ3) is 3.68. The number of nitro benzene ring substituents is 1. The molecule has 0 aromatic heterocycles. The van der Waals surface area contributed by atoms with Crippen LogP contribution in [0.1, 0.15) is 50.4 Å². The van der Waals surface area contributed by atoms with Gasteiger partial charge in [-0.05, 0) is 48.1 Å². The summed E-state index contributed by atoms with van der Waals surface area (Å²) >= 11 is 0. The van der Waals surface area contributed by atoms with Crippen molar-refractivity contribution in [2.24, 2.45) is 16.7 Å². The molecule has 9 nitrogen and oxygen atoms in total. The lowest BCUT2D eigenvalue weighted by atomic mass is 9.69. The van der Waals surface area contributed by atoms with Gasteiger partial charge in [0.1, 0.15) is 4.90 Å². The molecule has 0 aliphatic heterocycles. The Morgan fingerprint density at radius 1 is 1.30 bits per heavy atom. The summed E-state index contributed by atoms with van der Waals surface area (Å²) in [5, 5.41) is 14.1. The van der Waals surface area contributed by atoms with Crippen molar-refractivity contribution in [2.75, 3.05) is 12.9 Å². The number of nitrogens with one attached hydrogen (secondary N) is 1. The van der Waals surface area contributed by atoms with Crippen LogP contribution in [0.3, 0.4) is 0 Å². The van der Waals surface area contributed by atoms with Crippen molar-refractivity contribution in [1.29, 1.82) is 0 Å². The van der Waals surface area contributed by atoms with E-state index in [1.54, 1.807) is 0 Å². The number of hydrogen-bond donors (Lipinski definition) is 1. The molecule has 2 bridgehead atoms. The summed E-state index contributed by atoms with van der Waals surface area (Å²) in [6.45, 7) is 6.12. The smallest absolute Gasteiger partial charge is 0.338 e. The number of nitro groups is 1. The van der Waals surface area contributed by atoms with Crippen LogP contribution in [-0.4, -0.2) is 44.1 Å². The maximum atomic E-state index is 12.3. The zero-order chi connectivity index (χ0) is 22.5. The van der Waals surface area contributed by atoms with E-state index in [-0.39, 0.29) is 22.4 Å². The molecule has 3 atom stereocenters. The number of rotatable bonds is 6. The number of esters is 1. The molecule has 30 heavy (non-hydrogen) atoms. The van der Waals surface area contributed by atoms with Crippen molar-refractivity contribution >= 4 is 27.4 Å². The van der Waals surface area contributed by atoms with Gasteiger partial charge in [0.05, 0.1) is 10.5 Å². The Morgan fingerprint density at radius 3 is 2.47 bits per heavy atom. The van der Waals surface area contributed by atoms with Crippen molar-refractivity contribution in [3.8, 4) is 0 Å². The van der Waals surface area contributed by atoms with E-state index in [2.05, 4.69) is 26.1 Å². The molecule has 2 fully saturated rings. The topological polar surface area (TPSA) is 133 Å². The highest BCUT2D eigenvalue weighted by molar-refractivity contribution is 7.90. The van der Waals surface area contributed by atoms with Gasteiger partial charge in [0, 0.05) is 18.4 Å². The van der Waals surface area contributed by atoms with E-state index >= 15 is 0 Å². The first kappa shape index (κ1) is 22.2. The molecule has 0 radical (unpaired) electrons. The number of amides is 1. The molecule has 1 amide bonds. The first-order valence-electron chi connectivity index (χ1n) is 9.72. The summed E-state index contributed by atoms with van der Waals surface area (Å²) in [6, 6.07) is 2.97. The summed E-state index contributed by atoms with van der Waals surface area (Å²) in [5.41, 5.74) is -0.801. The molecule has 0 unspecified atom stereocenters. The van der Waals surface area contributed by atoms with Crippen molar-refractivity contribution < 1.29 is 27.7 Å². The highest BCUT2D eigenvalue weighted by Crippen LogP contribution is 2.65. The predicted octanol–water partition coefficient (Wildman–Crippen LogP) is 2.49. The van der Waals surface area contributed by atoms with E-state index in [9.17, 15) is 28.1 Å². The van der Waals surface area contributed by atoms with Crippen molar-refractivity contribution in [3.63, 3.8) is 0 Å². The lowest BCUT2D eigenvalue weighted by Crippen LogP contribution is -2.48. The van der Waals surface area contributed by atoms with Gasteiger partial charge in [0.15, 0.2) is 16.4 Å². The molecule has 1 N–H and O–H groups in total. The molecule has 2 aliphatic rings. The minimum absolute atomic E-state index is 0.00702. The number of benzene rings is 1. The average molecular weight is 439 g/mol. The largest absolute Gasteiger partial charge is 0.452 e. The molecule has 2 saturated carbocycles. The van der Waals surface area contributed by atoms with Crippen LogP contribution in [0.15, 0.2) is 23.1 Å². The number of fused-ring (bicyclic) bond motifs is 2. The predicted molar refractivity (Wildman–Crippen MR) is 108 cm³/mol. The van der Waals surface area contributed by atoms with Crippen LogP contribution >= 0.6 is 0 Å². The van der Waals surface area contributed by atoms with Crippen LogP contribution in [0.4, 0.5) is 5.69 Å². The van der Waals surface area contributed by atoms with E-state index in [1.807, 2.05) is 0 Å². The fourth-order valence-corrected chi connectivity index (χ4v) is 5.80. The van der Waals surface area contributed by atoms with Gasteiger partial charge in [-0.15, -0.1) is 0 Å². The second-order valence-electron chi connectivity index (χ2n) is 9.02. The number of carbonyl (C=O) groups is 2. The van der Waals surface area contributed by atoms with Crippen LogP contribution in [-0.2, 0) is 19.4 Å². The second kappa shape index (κ2) is 7.33. The van der Waals surface area contributed by atoms with Crippen molar-refractivity contribution in [3.05, 3.63) is 33.9 Å². The lowest BCUT2D eigenvalue weighted by molar-refractivity contribution is -0.387. The number of carbonyl (C=O) groups excluding carboxylic acids is 2. The first-order chi connectivity index (χ1) is 13.8. The Balaban J connectivity index is 1.64. The minimum Gasteiger partial charge on any atom is -0.452 e. The molecular formula is C20H26N2O7S. The summed E-state index contributed by atoms with van der Waals surface area (Å²) in [4.78, 5) is 34.4. The van der Waals surface area contributed by atoms with E-state index < -0.39 is 43.8 Å². The van der Waals surface area contributed by atoms with Gasteiger partial charge in [-0.25, -0.2) is 13.2 Å². The second-order valence-corrected chi connectivity index (χ2v) is 11.0. The molecule has 1 aromatic carbocycles. The lowest BCUT2D eigenvalue weighted by Gasteiger charge is -2.39. The van der Waals surface area contributed by atoms with Crippen LogP contribution in [0, 0.1) is 26.9 Å². The van der Waals surface area contributed by atoms with Crippen molar-refractivity contribution in [1.82, 2.24) is 5.32 Å². The maximum absolute atomic E-state index is 12.3. The molecule has 2 aliphatic carbocycles. The number of hydrogen-bond acceptors (Lipinski definition) is 7. The summed E-state index contributed by atoms with van der Waals surface area (Å²) in [6.07, 6.45) is 3.91. The molecule has 3 rings (SSSR count). The Bertz CT molecular complexity index is 1020. The van der Waals surface area contributed by atoms with Gasteiger partial charge in [-0.3, -0.25) is 14.9 Å². The monoisotopic (exact) mass is 438 g/mol. The first-order valence-corrected chi connectivity index (χ1v) is 11.6. The Hall–Kier alpha value is -2.49. The molecule has 0 heterocycles. The van der Waals surface area contributed by atoms with Crippen LogP contribution in [0.5, 0.6) is 0 Å². The quantitative estimate of drug-likeness (QED) is 0.410. The SMILES string of the molecule is CC1(C)[C@H]2CC[C@@]1(C)[C@H](NC(=O)COC(=O)c1ccc(S(C)(=O)=O)c([N+](=O)[O-])c1)C2. The summed E-state index contributed by atoms with van der Waals surface area (Å²) < 4.78 is 28.3. The summed E-state index contributed by atoms with van der Waals surface area (Å²) in [5.74, 6) is -0.822. The van der Waals surface area contributed by atoms with Crippen LogP contribution in [0.25, 0.3) is 0 Å². The Kier molecular flexibility index (Phi) is 5.43.